The molecule has 0 atom stereocenters. The van der Waals surface area contributed by atoms with Crippen molar-refractivity contribution in [3.8, 4) is 17.2 Å². The Kier molecular flexibility index (Phi) is 2.18. The highest BCUT2D eigenvalue weighted by molar-refractivity contribution is 5.61. The molecule has 0 unspecified atom stereocenters. The maximum absolute atomic E-state index is 5.19. The van der Waals surface area contributed by atoms with Crippen molar-refractivity contribution in [2.24, 2.45) is 0 Å². The molecule has 2 aromatic rings. The molecule has 0 aliphatic rings. The number of methoxy groups -OCH3 is 1. The van der Waals surface area contributed by atoms with Gasteiger partial charge in [0.05, 0.1) is 7.11 Å². The normalized spacial score (nSPS) is 10.1. The number of aromatic nitrogens is 2. The summed E-state index contributed by atoms with van der Waals surface area (Å²) in [5, 5.41) is 7.49. The summed E-state index contributed by atoms with van der Waals surface area (Å²) in [5.41, 5.74) is 1.90. The highest BCUT2D eigenvalue weighted by atomic mass is 16.5. The van der Waals surface area contributed by atoms with Gasteiger partial charge in [-0.05, 0) is 19.1 Å². The summed E-state index contributed by atoms with van der Waals surface area (Å²) in [7, 11) is 1.64. The Labute approximate surface area is 81.5 Å². The molecule has 0 saturated carbocycles. The zero-order valence-corrected chi connectivity index (χ0v) is 8.02. The van der Waals surface area contributed by atoms with Gasteiger partial charge in [-0.15, -0.1) is 10.2 Å². The summed E-state index contributed by atoms with van der Waals surface area (Å²) < 4.78 is 10.3. The first-order valence-electron chi connectivity index (χ1n) is 4.23. The molecule has 0 spiro atoms. The maximum atomic E-state index is 5.19. The minimum absolute atomic E-state index is 0.515. The van der Waals surface area contributed by atoms with Crippen LogP contribution in [0, 0.1) is 6.92 Å². The van der Waals surface area contributed by atoms with Gasteiger partial charge in [-0.3, -0.25) is 0 Å². The molecule has 72 valence electrons. The predicted octanol–water partition coefficient (Wildman–Crippen LogP) is 2.05. The minimum atomic E-state index is 0.515. The average Bonchev–Trinajstić information content (AvgIpc) is 2.71. The third-order valence-corrected chi connectivity index (χ3v) is 2.09. The molecule has 1 aromatic carbocycles. The minimum Gasteiger partial charge on any atom is -0.496 e. The summed E-state index contributed by atoms with van der Waals surface area (Å²) in [4.78, 5) is 0. The molecule has 0 aliphatic carbocycles. The highest BCUT2D eigenvalue weighted by Crippen LogP contribution is 2.27. The number of ether oxygens (including phenoxy) is 1. The first kappa shape index (κ1) is 8.74. The van der Waals surface area contributed by atoms with Crippen LogP contribution in [0.1, 0.15) is 5.56 Å². The Hall–Kier alpha value is -1.84. The van der Waals surface area contributed by atoms with Crippen LogP contribution >= 0.6 is 0 Å². The van der Waals surface area contributed by atoms with E-state index in [0.717, 1.165) is 16.9 Å². The summed E-state index contributed by atoms with van der Waals surface area (Å²) in [6.45, 7) is 1.96. The van der Waals surface area contributed by atoms with Crippen LogP contribution in [-0.4, -0.2) is 17.3 Å². The van der Waals surface area contributed by atoms with Gasteiger partial charge in [0, 0.05) is 11.1 Å². The lowest BCUT2D eigenvalue weighted by molar-refractivity contribution is 0.411. The van der Waals surface area contributed by atoms with E-state index in [0.29, 0.717) is 5.89 Å². The van der Waals surface area contributed by atoms with Crippen molar-refractivity contribution < 1.29 is 9.15 Å². The zero-order valence-electron chi connectivity index (χ0n) is 8.02. The Morgan fingerprint density at radius 3 is 2.86 bits per heavy atom. The van der Waals surface area contributed by atoms with Crippen LogP contribution in [0.25, 0.3) is 11.5 Å². The van der Waals surface area contributed by atoms with Crippen LogP contribution in [0.4, 0.5) is 0 Å². The largest absolute Gasteiger partial charge is 0.496 e. The van der Waals surface area contributed by atoms with E-state index in [-0.39, 0.29) is 0 Å². The molecule has 0 saturated heterocycles. The standard InChI is InChI=1S/C10H10N2O2/c1-7-8(10-12-11-6-14-10)4-3-5-9(7)13-2/h3-6H,1-2H3. The maximum Gasteiger partial charge on any atom is 0.247 e. The van der Waals surface area contributed by atoms with E-state index in [4.69, 9.17) is 9.15 Å². The predicted molar refractivity (Wildman–Crippen MR) is 51.0 cm³/mol. The molecule has 0 N–H and O–H groups in total. The van der Waals surface area contributed by atoms with Crippen molar-refractivity contribution in [3.63, 3.8) is 0 Å². The van der Waals surface area contributed by atoms with Crippen LogP contribution in [0.3, 0.4) is 0 Å². The molecular formula is C10H10N2O2. The molecule has 1 aromatic heterocycles. The van der Waals surface area contributed by atoms with Gasteiger partial charge < -0.3 is 9.15 Å². The quantitative estimate of drug-likeness (QED) is 0.727. The molecule has 0 amide bonds. The monoisotopic (exact) mass is 190 g/mol. The molecule has 0 aliphatic heterocycles. The van der Waals surface area contributed by atoms with Crippen molar-refractivity contribution in [2.75, 3.05) is 7.11 Å². The second-order valence-electron chi connectivity index (χ2n) is 2.88. The average molecular weight is 190 g/mol. The van der Waals surface area contributed by atoms with Gasteiger partial charge in [-0.2, -0.15) is 0 Å². The molecule has 14 heavy (non-hydrogen) atoms. The smallest absolute Gasteiger partial charge is 0.247 e. The fourth-order valence-corrected chi connectivity index (χ4v) is 1.36. The van der Waals surface area contributed by atoms with Crippen LogP contribution in [-0.2, 0) is 0 Å². The first-order valence-corrected chi connectivity index (χ1v) is 4.23. The van der Waals surface area contributed by atoms with E-state index in [9.17, 15) is 0 Å². The number of hydrogen-bond donors (Lipinski definition) is 0. The Morgan fingerprint density at radius 2 is 2.21 bits per heavy atom. The van der Waals surface area contributed by atoms with Gasteiger partial charge >= 0.3 is 0 Å². The van der Waals surface area contributed by atoms with Crippen LogP contribution in [0.2, 0.25) is 0 Å². The van der Waals surface area contributed by atoms with Crippen molar-refractivity contribution in [1.29, 1.82) is 0 Å². The van der Waals surface area contributed by atoms with Gasteiger partial charge in [0.25, 0.3) is 0 Å². The van der Waals surface area contributed by atoms with Gasteiger partial charge in [-0.1, -0.05) is 6.07 Å². The Balaban J connectivity index is 2.54. The second-order valence-corrected chi connectivity index (χ2v) is 2.88. The van der Waals surface area contributed by atoms with Gasteiger partial charge in [0.1, 0.15) is 5.75 Å². The summed E-state index contributed by atoms with van der Waals surface area (Å²) in [5.74, 6) is 1.34. The van der Waals surface area contributed by atoms with Crippen molar-refractivity contribution in [1.82, 2.24) is 10.2 Å². The van der Waals surface area contributed by atoms with Crippen molar-refractivity contribution >= 4 is 0 Å². The molecule has 0 radical (unpaired) electrons. The highest BCUT2D eigenvalue weighted by Gasteiger charge is 2.09. The molecule has 0 fully saturated rings. The van der Waals surface area contributed by atoms with Crippen molar-refractivity contribution in [3.05, 3.63) is 30.2 Å². The molecule has 0 bridgehead atoms. The van der Waals surface area contributed by atoms with Gasteiger partial charge in [0.15, 0.2) is 0 Å². The van der Waals surface area contributed by atoms with Crippen molar-refractivity contribution in [2.45, 2.75) is 6.92 Å². The number of hydrogen-bond acceptors (Lipinski definition) is 4. The molecule has 1 heterocycles. The fourth-order valence-electron chi connectivity index (χ4n) is 1.36. The van der Waals surface area contributed by atoms with E-state index in [1.54, 1.807) is 7.11 Å². The lowest BCUT2D eigenvalue weighted by atomic mass is 10.1. The lowest BCUT2D eigenvalue weighted by Gasteiger charge is -2.06. The summed E-state index contributed by atoms with van der Waals surface area (Å²) in [6.07, 6.45) is 1.31. The van der Waals surface area contributed by atoms with E-state index < -0.39 is 0 Å². The van der Waals surface area contributed by atoms with Gasteiger partial charge in [0.2, 0.25) is 12.3 Å². The number of benzene rings is 1. The van der Waals surface area contributed by atoms with Crippen LogP contribution in [0.15, 0.2) is 29.0 Å². The zero-order chi connectivity index (χ0) is 9.97. The first-order chi connectivity index (χ1) is 6.83. The third-order valence-electron chi connectivity index (χ3n) is 2.09. The molecular weight excluding hydrogens is 180 g/mol. The van der Waals surface area contributed by atoms with E-state index in [2.05, 4.69) is 10.2 Å². The molecule has 4 heteroatoms. The fraction of sp³-hybridized carbons (Fsp3) is 0.200. The SMILES string of the molecule is COc1cccc(-c2nnco2)c1C. The summed E-state index contributed by atoms with van der Waals surface area (Å²) >= 11 is 0. The Morgan fingerprint density at radius 1 is 1.36 bits per heavy atom. The summed E-state index contributed by atoms with van der Waals surface area (Å²) in [6, 6.07) is 5.71. The Bertz CT molecular complexity index is 424. The topological polar surface area (TPSA) is 48.2 Å². The van der Waals surface area contributed by atoms with Gasteiger partial charge in [-0.25, -0.2) is 0 Å². The molecule has 2 rings (SSSR count). The number of rotatable bonds is 2. The van der Waals surface area contributed by atoms with E-state index in [1.165, 1.54) is 6.39 Å². The van der Waals surface area contributed by atoms with Crippen LogP contribution < -0.4 is 4.74 Å². The second kappa shape index (κ2) is 3.49. The molecule has 4 nitrogen and oxygen atoms in total. The van der Waals surface area contributed by atoms with E-state index in [1.807, 2.05) is 25.1 Å². The third kappa shape index (κ3) is 1.35. The van der Waals surface area contributed by atoms with Crippen LogP contribution in [0.5, 0.6) is 5.75 Å². The number of nitrogens with zero attached hydrogens (tertiary/aromatic N) is 2. The lowest BCUT2D eigenvalue weighted by Crippen LogP contribution is -1.90. The van der Waals surface area contributed by atoms with E-state index >= 15 is 0 Å².